The first-order valence-electron chi connectivity index (χ1n) is 7.55. The number of nitrogens with zero attached hydrogens (tertiary/aromatic N) is 1. The number of hydrogen-bond donors (Lipinski definition) is 0. The number of benzene rings is 1. The Labute approximate surface area is 133 Å². The maximum Gasteiger partial charge on any atom is 0.411 e. The molecule has 0 aromatic heterocycles. The van der Waals surface area contributed by atoms with Crippen molar-refractivity contribution in [3.63, 3.8) is 0 Å². The van der Waals surface area contributed by atoms with Crippen LogP contribution in [0.15, 0.2) is 24.3 Å². The van der Waals surface area contributed by atoms with Gasteiger partial charge in [0.2, 0.25) is 0 Å². The van der Waals surface area contributed by atoms with Gasteiger partial charge < -0.3 is 9.53 Å². The highest BCUT2D eigenvalue weighted by molar-refractivity contribution is 5.78. The number of carbonyl (C=O) groups excluding carboxylic acids is 2. The van der Waals surface area contributed by atoms with Crippen LogP contribution >= 0.6 is 0 Å². The lowest BCUT2D eigenvalue weighted by Gasteiger charge is -2.36. The van der Waals surface area contributed by atoms with Crippen LogP contribution in [-0.2, 0) is 15.1 Å². The molecule has 1 atom stereocenters. The van der Waals surface area contributed by atoms with E-state index in [9.17, 15) is 9.59 Å². The van der Waals surface area contributed by atoms with E-state index in [0.717, 1.165) is 17.4 Å². The molecule has 122 valence electrons. The fourth-order valence-corrected chi connectivity index (χ4v) is 2.07. The Hall–Kier alpha value is -1.84. The maximum absolute atomic E-state index is 12.3. The third-order valence-corrected chi connectivity index (χ3v) is 3.73. The minimum Gasteiger partial charge on any atom is -0.444 e. The summed E-state index contributed by atoms with van der Waals surface area (Å²) in [6.45, 7) is 11.3. The highest BCUT2D eigenvalue weighted by Crippen LogP contribution is 2.29. The molecule has 0 aliphatic carbocycles. The van der Waals surface area contributed by atoms with E-state index in [1.54, 1.807) is 34.7 Å². The van der Waals surface area contributed by atoms with Crippen LogP contribution < -0.4 is 0 Å². The van der Waals surface area contributed by atoms with Crippen LogP contribution in [0, 0.1) is 0 Å². The lowest BCUT2D eigenvalue weighted by atomic mass is 9.89. The summed E-state index contributed by atoms with van der Waals surface area (Å²) in [6, 6.07) is 7.77. The van der Waals surface area contributed by atoms with Gasteiger partial charge in [-0.25, -0.2) is 4.79 Å². The van der Waals surface area contributed by atoms with Crippen molar-refractivity contribution >= 4 is 12.4 Å². The Morgan fingerprint density at radius 1 is 1.23 bits per heavy atom. The van der Waals surface area contributed by atoms with Crippen molar-refractivity contribution in [3.8, 4) is 0 Å². The molecule has 0 saturated heterocycles. The average molecular weight is 305 g/mol. The van der Waals surface area contributed by atoms with E-state index >= 15 is 0 Å². The molecule has 1 amide bonds. The molecule has 0 fully saturated rings. The van der Waals surface area contributed by atoms with Crippen molar-refractivity contribution < 1.29 is 14.3 Å². The van der Waals surface area contributed by atoms with Crippen LogP contribution in [0.4, 0.5) is 4.79 Å². The molecule has 0 radical (unpaired) electrons. The summed E-state index contributed by atoms with van der Waals surface area (Å²) in [7, 11) is 1.59. The van der Waals surface area contributed by atoms with Gasteiger partial charge in [0.15, 0.2) is 0 Å². The van der Waals surface area contributed by atoms with Gasteiger partial charge in [-0.1, -0.05) is 38.1 Å². The van der Waals surface area contributed by atoms with Gasteiger partial charge >= 0.3 is 6.09 Å². The predicted octanol–water partition coefficient (Wildman–Crippen LogP) is 4.09. The molecule has 1 aromatic carbocycles. The highest BCUT2D eigenvalue weighted by Gasteiger charge is 2.36. The number of ether oxygens (including phenoxy) is 1. The summed E-state index contributed by atoms with van der Waals surface area (Å²) in [4.78, 5) is 25.4. The molecule has 0 aliphatic rings. The van der Waals surface area contributed by atoms with Gasteiger partial charge in [-0.05, 0) is 44.7 Å². The Balaban J connectivity index is 3.18. The Morgan fingerprint density at radius 2 is 1.82 bits per heavy atom. The van der Waals surface area contributed by atoms with Crippen LogP contribution in [0.5, 0.6) is 0 Å². The van der Waals surface area contributed by atoms with Crippen LogP contribution in [-0.4, -0.2) is 29.9 Å². The van der Waals surface area contributed by atoms with E-state index in [1.807, 2.05) is 24.3 Å². The highest BCUT2D eigenvalue weighted by atomic mass is 16.6. The van der Waals surface area contributed by atoms with Gasteiger partial charge in [0.25, 0.3) is 0 Å². The molecule has 1 unspecified atom stereocenters. The van der Waals surface area contributed by atoms with E-state index in [1.165, 1.54) is 4.90 Å². The third kappa shape index (κ3) is 4.09. The van der Waals surface area contributed by atoms with E-state index < -0.39 is 17.2 Å². The van der Waals surface area contributed by atoms with Crippen molar-refractivity contribution in [3.05, 3.63) is 35.4 Å². The molecule has 0 aliphatic heterocycles. The SMILES string of the molecule is CC(C)c1cccc(C(C)(C=O)N(C)C(=O)OC(C)(C)C)c1. The number of amides is 1. The van der Waals surface area contributed by atoms with E-state index in [-0.39, 0.29) is 0 Å². The summed E-state index contributed by atoms with van der Waals surface area (Å²) in [5, 5.41) is 0. The van der Waals surface area contributed by atoms with E-state index in [0.29, 0.717) is 5.92 Å². The molecule has 0 bridgehead atoms. The molecule has 1 rings (SSSR count). The van der Waals surface area contributed by atoms with Crippen LogP contribution in [0.1, 0.15) is 58.6 Å². The monoisotopic (exact) mass is 305 g/mol. The maximum atomic E-state index is 12.3. The smallest absolute Gasteiger partial charge is 0.411 e. The lowest BCUT2D eigenvalue weighted by Crippen LogP contribution is -2.48. The van der Waals surface area contributed by atoms with Crippen molar-refractivity contribution in [2.75, 3.05) is 7.05 Å². The number of carbonyl (C=O) groups is 2. The summed E-state index contributed by atoms with van der Waals surface area (Å²) < 4.78 is 5.37. The molecular weight excluding hydrogens is 278 g/mol. The summed E-state index contributed by atoms with van der Waals surface area (Å²) in [6.07, 6.45) is 0.271. The fraction of sp³-hybridized carbons (Fsp3) is 0.556. The van der Waals surface area contributed by atoms with Crippen molar-refractivity contribution in [2.45, 2.75) is 58.6 Å². The Bertz CT molecular complexity index is 546. The number of hydrogen-bond acceptors (Lipinski definition) is 3. The zero-order valence-corrected chi connectivity index (χ0v) is 14.6. The molecule has 0 N–H and O–H groups in total. The zero-order chi connectivity index (χ0) is 17.1. The largest absolute Gasteiger partial charge is 0.444 e. The summed E-state index contributed by atoms with van der Waals surface area (Å²) in [5.41, 5.74) is 0.243. The predicted molar refractivity (Wildman–Crippen MR) is 87.9 cm³/mol. The second-order valence-corrected chi connectivity index (χ2v) is 7.08. The lowest BCUT2D eigenvalue weighted by molar-refractivity contribution is -0.117. The average Bonchev–Trinajstić information content (AvgIpc) is 2.43. The van der Waals surface area contributed by atoms with Crippen molar-refractivity contribution in [1.82, 2.24) is 4.90 Å². The molecule has 4 heteroatoms. The van der Waals surface area contributed by atoms with E-state index in [2.05, 4.69) is 13.8 Å². The molecule has 0 saturated carbocycles. The first-order valence-corrected chi connectivity index (χ1v) is 7.55. The number of aldehydes is 1. The van der Waals surface area contributed by atoms with Gasteiger partial charge in [-0.2, -0.15) is 0 Å². The standard InChI is InChI=1S/C18H27NO3/c1-13(2)14-9-8-10-15(11-14)18(6,12-20)19(7)16(21)22-17(3,4)5/h8-13H,1-7H3. The minimum atomic E-state index is -1.06. The molecule has 22 heavy (non-hydrogen) atoms. The third-order valence-electron chi connectivity index (χ3n) is 3.73. The van der Waals surface area contributed by atoms with Crippen LogP contribution in [0.25, 0.3) is 0 Å². The molecular formula is C18H27NO3. The number of likely N-dealkylation sites (N-methyl/N-ethyl adjacent to an activating group) is 1. The van der Waals surface area contributed by atoms with Gasteiger partial charge in [0, 0.05) is 7.05 Å². The van der Waals surface area contributed by atoms with Gasteiger partial charge in [-0.3, -0.25) is 4.90 Å². The summed E-state index contributed by atoms with van der Waals surface area (Å²) in [5.74, 6) is 0.350. The second-order valence-electron chi connectivity index (χ2n) is 7.08. The van der Waals surface area contributed by atoms with Crippen molar-refractivity contribution in [2.24, 2.45) is 0 Å². The molecule has 0 heterocycles. The fourth-order valence-electron chi connectivity index (χ4n) is 2.07. The zero-order valence-electron chi connectivity index (χ0n) is 14.6. The van der Waals surface area contributed by atoms with E-state index in [4.69, 9.17) is 4.74 Å². The topological polar surface area (TPSA) is 46.6 Å². The Kier molecular flexibility index (Phi) is 5.39. The normalized spacial score (nSPS) is 14.4. The van der Waals surface area contributed by atoms with Crippen LogP contribution in [0.2, 0.25) is 0 Å². The van der Waals surface area contributed by atoms with Gasteiger partial charge in [0.05, 0.1) is 0 Å². The quantitative estimate of drug-likeness (QED) is 0.787. The second kappa shape index (κ2) is 6.51. The summed E-state index contributed by atoms with van der Waals surface area (Å²) >= 11 is 0. The Morgan fingerprint density at radius 3 is 2.27 bits per heavy atom. The molecule has 1 aromatic rings. The molecule has 4 nitrogen and oxygen atoms in total. The molecule has 0 spiro atoms. The van der Waals surface area contributed by atoms with Gasteiger partial charge in [0.1, 0.15) is 17.4 Å². The van der Waals surface area contributed by atoms with Crippen LogP contribution in [0.3, 0.4) is 0 Å². The number of rotatable bonds is 4. The minimum absolute atomic E-state index is 0.350. The van der Waals surface area contributed by atoms with Gasteiger partial charge in [-0.15, -0.1) is 0 Å². The first-order chi connectivity index (χ1) is 10.0. The first kappa shape index (κ1) is 18.2. The van der Waals surface area contributed by atoms with Crippen molar-refractivity contribution in [1.29, 1.82) is 0 Å².